The Bertz CT molecular complexity index is 412. The number of nitrogens with two attached hydrogens (primary N) is 1. The van der Waals surface area contributed by atoms with Crippen LogP contribution in [0.25, 0.3) is 0 Å². The average Bonchev–Trinajstić information content (AvgIpc) is 2.37. The van der Waals surface area contributed by atoms with E-state index in [1.807, 2.05) is 11.5 Å². The molecule has 0 bridgehead atoms. The van der Waals surface area contributed by atoms with E-state index in [0.717, 1.165) is 18.4 Å². The summed E-state index contributed by atoms with van der Waals surface area (Å²) in [7, 11) is 0. The molecule has 1 aromatic rings. The maximum atomic E-state index is 11.5. The van der Waals surface area contributed by atoms with Crippen molar-refractivity contribution in [2.45, 2.75) is 39.0 Å². The highest BCUT2D eigenvalue weighted by Crippen LogP contribution is 2.33. The quantitative estimate of drug-likeness (QED) is 0.425. The summed E-state index contributed by atoms with van der Waals surface area (Å²) in [6, 6.07) is 5.11. The van der Waals surface area contributed by atoms with Crippen LogP contribution in [0.15, 0.2) is 18.2 Å². The fourth-order valence-electron chi connectivity index (χ4n) is 1.83. The molecular weight excluding hydrogens is 216 g/mol. The van der Waals surface area contributed by atoms with Gasteiger partial charge in [-0.1, -0.05) is 26.8 Å². The van der Waals surface area contributed by atoms with Gasteiger partial charge in [-0.2, -0.15) is 0 Å². The van der Waals surface area contributed by atoms with Crippen molar-refractivity contribution in [3.8, 4) is 5.75 Å². The molecule has 4 heteroatoms. The lowest BCUT2D eigenvalue weighted by molar-refractivity contribution is 0.0951. The van der Waals surface area contributed by atoms with Crippen molar-refractivity contribution < 1.29 is 9.90 Å². The van der Waals surface area contributed by atoms with Gasteiger partial charge in [0.2, 0.25) is 0 Å². The van der Waals surface area contributed by atoms with Crippen LogP contribution in [0.5, 0.6) is 5.75 Å². The molecule has 0 atom stereocenters. The SMILES string of the molecule is CCC(C)(CC)c1ccc(O)c(C(=O)NN)c1. The fourth-order valence-corrected chi connectivity index (χ4v) is 1.83. The number of aromatic hydroxyl groups is 1. The lowest BCUT2D eigenvalue weighted by atomic mass is 9.77. The molecule has 4 N–H and O–H groups in total. The van der Waals surface area contributed by atoms with Crippen molar-refractivity contribution in [1.29, 1.82) is 0 Å². The van der Waals surface area contributed by atoms with Gasteiger partial charge in [0, 0.05) is 0 Å². The molecule has 0 spiro atoms. The summed E-state index contributed by atoms with van der Waals surface area (Å²) < 4.78 is 0. The van der Waals surface area contributed by atoms with Crippen LogP contribution in [0.4, 0.5) is 0 Å². The van der Waals surface area contributed by atoms with E-state index in [9.17, 15) is 9.90 Å². The third kappa shape index (κ3) is 2.58. The third-order valence-corrected chi connectivity index (χ3v) is 3.63. The number of amides is 1. The smallest absolute Gasteiger partial charge is 0.268 e. The van der Waals surface area contributed by atoms with Gasteiger partial charge in [0.1, 0.15) is 5.75 Å². The molecule has 0 saturated heterocycles. The molecule has 0 fully saturated rings. The number of carbonyl (C=O) groups excluding carboxylic acids is 1. The number of nitrogen functional groups attached to an aromatic ring is 1. The number of rotatable bonds is 4. The lowest BCUT2D eigenvalue weighted by Gasteiger charge is -2.27. The van der Waals surface area contributed by atoms with E-state index in [2.05, 4.69) is 20.8 Å². The Hall–Kier alpha value is -1.55. The van der Waals surface area contributed by atoms with Crippen LogP contribution >= 0.6 is 0 Å². The molecule has 0 aromatic heterocycles. The van der Waals surface area contributed by atoms with Crippen molar-refractivity contribution in [2.24, 2.45) is 5.84 Å². The molecule has 0 aliphatic rings. The van der Waals surface area contributed by atoms with Gasteiger partial charge in [-0.25, -0.2) is 5.84 Å². The van der Waals surface area contributed by atoms with Crippen molar-refractivity contribution in [2.75, 3.05) is 0 Å². The van der Waals surface area contributed by atoms with Crippen LogP contribution in [0.1, 0.15) is 49.5 Å². The number of nitrogens with one attached hydrogen (secondary N) is 1. The second kappa shape index (κ2) is 5.19. The molecule has 0 aliphatic carbocycles. The first-order valence-electron chi connectivity index (χ1n) is 5.83. The van der Waals surface area contributed by atoms with Crippen molar-refractivity contribution in [1.82, 2.24) is 5.43 Å². The molecule has 17 heavy (non-hydrogen) atoms. The molecule has 1 aromatic carbocycles. The van der Waals surface area contributed by atoms with E-state index in [1.165, 1.54) is 0 Å². The summed E-state index contributed by atoms with van der Waals surface area (Å²) >= 11 is 0. The number of phenols is 1. The fraction of sp³-hybridized carbons (Fsp3) is 0.462. The molecule has 0 unspecified atom stereocenters. The maximum Gasteiger partial charge on any atom is 0.268 e. The summed E-state index contributed by atoms with van der Waals surface area (Å²) in [6.07, 6.45) is 1.94. The number of hydrogen-bond acceptors (Lipinski definition) is 3. The summed E-state index contributed by atoms with van der Waals surface area (Å²) in [6.45, 7) is 6.36. The first-order valence-corrected chi connectivity index (χ1v) is 5.83. The zero-order valence-corrected chi connectivity index (χ0v) is 10.6. The average molecular weight is 236 g/mol. The van der Waals surface area contributed by atoms with E-state index in [4.69, 9.17) is 5.84 Å². The predicted octanol–water partition coefficient (Wildman–Crippen LogP) is 2.07. The van der Waals surface area contributed by atoms with Crippen LogP contribution in [-0.4, -0.2) is 11.0 Å². The van der Waals surface area contributed by atoms with E-state index >= 15 is 0 Å². The van der Waals surface area contributed by atoms with Gasteiger partial charge in [0.15, 0.2) is 0 Å². The van der Waals surface area contributed by atoms with Crippen molar-refractivity contribution >= 4 is 5.91 Å². The topological polar surface area (TPSA) is 75.3 Å². The monoisotopic (exact) mass is 236 g/mol. The largest absolute Gasteiger partial charge is 0.507 e. The van der Waals surface area contributed by atoms with Crippen LogP contribution in [-0.2, 0) is 5.41 Å². The summed E-state index contributed by atoms with van der Waals surface area (Å²) in [4.78, 5) is 11.5. The molecule has 0 heterocycles. The standard InChI is InChI=1S/C13H20N2O2/c1-4-13(3,5-2)9-6-7-11(16)10(8-9)12(17)15-14/h6-8,16H,4-5,14H2,1-3H3,(H,15,17). The number of benzene rings is 1. The molecular formula is C13H20N2O2. The van der Waals surface area contributed by atoms with Crippen LogP contribution < -0.4 is 11.3 Å². The zero-order valence-electron chi connectivity index (χ0n) is 10.6. The van der Waals surface area contributed by atoms with Gasteiger partial charge in [0.25, 0.3) is 5.91 Å². The van der Waals surface area contributed by atoms with Crippen LogP contribution in [0.3, 0.4) is 0 Å². The Morgan fingerprint density at radius 3 is 2.47 bits per heavy atom. The van der Waals surface area contributed by atoms with Crippen molar-refractivity contribution in [3.63, 3.8) is 0 Å². The number of carbonyl (C=O) groups is 1. The highest BCUT2D eigenvalue weighted by molar-refractivity contribution is 5.96. The third-order valence-electron chi connectivity index (χ3n) is 3.63. The Morgan fingerprint density at radius 2 is 2.00 bits per heavy atom. The second-order valence-corrected chi connectivity index (χ2v) is 4.47. The first kappa shape index (κ1) is 13.5. The van der Waals surface area contributed by atoms with Gasteiger partial charge in [-0.15, -0.1) is 0 Å². The van der Waals surface area contributed by atoms with Crippen LogP contribution in [0.2, 0.25) is 0 Å². The summed E-state index contributed by atoms with van der Waals surface area (Å²) in [5, 5.41) is 9.63. The Balaban J connectivity index is 3.25. The van der Waals surface area contributed by atoms with E-state index in [-0.39, 0.29) is 16.7 Å². The van der Waals surface area contributed by atoms with E-state index in [1.54, 1.807) is 12.1 Å². The Labute approximate surface area is 102 Å². The number of hydrazine groups is 1. The minimum absolute atomic E-state index is 0.0112. The molecule has 4 nitrogen and oxygen atoms in total. The van der Waals surface area contributed by atoms with Gasteiger partial charge in [0.05, 0.1) is 5.56 Å². The van der Waals surface area contributed by atoms with E-state index < -0.39 is 5.91 Å². The normalized spacial score (nSPS) is 11.3. The molecule has 1 rings (SSSR count). The summed E-state index contributed by atoms with van der Waals surface area (Å²) in [5.74, 6) is 4.56. The van der Waals surface area contributed by atoms with Gasteiger partial charge < -0.3 is 5.11 Å². The molecule has 0 radical (unpaired) electrons. The number of phenolic OH excluding ortho intramolecular Hbond substituents is 1. The lowest BCUT2D eigenvalue weighted by Crippen LogP contribution is -2.30. The highest BCUT2D eigenvalue weighted by atomic mass is 16.3. The Kier molecular flexibility index (Phi) is 4.12. The minimum atomic E-state index is -0.473. The van der Waals surface area contributed by atoms with Crippen molar-refractivity contribution in [3.05, 3.63) is 29.3 Å². The van der Waals surface area contributed by atoms with Gasteiger partial charge >= 0.3 is 0 Å². The Morgan fingerprint density at radius 1 is 1.41 bits per heavy atom. The summed E-state index contributed by atoms with van der Waals surface area (Å²) in [5.41, 5.74) is 3.31. The van der Waals surface area contributed by atoms with Gasteiger partial charge in [-0.3, -0.25) is 10.2 Å². The maximum absolute atomic E-state index is 11.5. The molecule has 0 saturated carbocycles. The van der Waals surface area contributed by atoms with Gasteiger partial charge in [-0.05, 0) is 36.0 Å². The first-order chi connectivity index (χ1) is 7.98. The minimum Gasteiger partial charge on any atom is -0.507 e. The van der Waals surface area contributed by atoms with Crippen LogP contribution in [0, 0.1) is 0 Å². The second-order valence-electron chi connectivity index (χ2n) is 4.47. The molecule has 1 amide bonds. The number of hydrogen-bond donors (Lipinski definition) is 3. The zero-order chi connectivity index (χ0) is 13.1. The van der Waals surface area contributed by atoms with E-state index in [0.29, 0.717) is 0 Å². The molecule has 0 aliphatic heterocycles. The highest BCUT2D eigenvalue weighted by Gasteiger charge is 2.24. The molecule has 94 valence electrons. The predicted molar refractivity (Wildman–Crippen MR) is 67.7 cm³/mol.